The first-order valence-corrected chi connectivity index (χ1v) is 6.45. The molecule has 2 rings (SSSR count). The normalized spacial score (nSPS) is 29.4. The van der Waals surface area contributed by atoms with E-state index in [2.05, 4.69) is 16.8 Å². The van der Waals surface area contributed by atoms with E-state index < -0.39 is 0 Å². The van der Waals surface area contributed by atoms with Crippen molar-refractivity contribution >= 4 is 0 Å². The Morgan fingerprint density at radius 3 is 2.67 bits per heavy atom. The number of likely N-dealkylation sites (tertiary alicyclic amines) is 1. The molecule has 1 saturated carbocycles. The molecule has 1 unspecified atom stereocenters. The first kappa shape index (κ1) is 11.4. The zero-order valence-electron chi connectivity index (χ0n) is 9.99. The zero-order chi connectivity index (χ0) is 10.7. The highest BCUT2D eigenvalue weighted by Gasteiger charge is 2.30. The lowest BCUT2D eigenvalue weighted by Gasteiger charge is -2.26. The van der Waals surface area contributed by atoms with Gasteiger partial charge in [-0.25, -0.2) is 0 Å². The van der Waals surface area contributed by atoms with Gasteiger partial charge in [-0.1, -0.05) is 0 Å². The minimum Gasteiger partial charge on any atom is -0.329 e. The molecule has 15 heavy (non-hydrogen) atoms. The Labute approximate surface area is 93.6 Å². The lowest BCUT2D eigenvalue weighted by atomic mass is 10.1. The second-order valence-electron chi connectivity index (χ2n) is 5.12. The summed E-state index contributed by atoms with van der Waals surface area (Å²) in [6.45, 7) is 4.48. The van der Waals surface area contributed by atoms with Crippen LogP contribution in [-0.2, 0) is 0 Å². The van der Waals surface area contributed by atoms with Gasteiger partial charge in [0.05, 0.1) is 0 Å². The van der Waals surface area contributed by atoms with E-state index in [4.69, 9.17) is 5.73 Å². The molecule has 0 aromatic rings. The minimum atomic E-state index is 0.775. The van der Waals surface area contributed by atoms with Crippen LogP contribution in [0.15, 0.2) is 0 Å². The predicted molar refractivity (Wildman–Crippen MR) is 63.9 cm³/mol. The van der Waals surface area contributed by atoms with Crippen LogP contribution in [0.1, 0.15) is 32.1 Å². The molecule has 2 N–H and O–H groups in total. The number of rotatable bonds is 4. The minimum absolute atomic E-state index is 0.775. The maximum atomic E-state index is 5.61. The molecule has 3 heteroatoms. The molecule has 1 atom stereocenters. The third kappa shape index (κ3) is 3.16. The fraction of sp³-hybridized carbons (Fsp3) is 1.00. The van der Waals surface area contributed by atoms with Crippen molar-refractivity contribution in [2.45, 2.75) is 44.2 Å². The highest BCUT2D eigenvalue weighted by Crippen LogP contribution is 2.29. The third-order valence-corrected chi connectivity index (χ3v) is 3.90. The Balaban J connectivity index is 1.78. The van der Waals surface area contributed by atoms with Crippen molar-refractivity contribution < 1.29 is 0 Å². The first-order chi connectivity index (χ1) is 7.31. The molecular formula is C12H25N3. The van der Waals surface area contributed by atoms with E-state index in [0.29, 0.717) is 0 Å². The van der Waals surface area contributed by atoms with Gasteiger partial charge in [0.1, 0.15) is 0 Å². The summed E-state index contributed by atoms with van der Waals surface area (Å²) in [6, 6.07) is 1.72. The molecule has 1 saturated heterocycles. The van der Waals surface area contributed by atoms with Crippen molar-refractivity contribution in [1.29, 1.82) is 0 Å². The lowest BCUT2D eigenvalue weighted by molar-refractivity contribution is 0.217. The van der Waals surface area contributed by atoms with Gasteiger partial charge in [-0.3, -0.25) is 0 Å². The van der Waals surface area contributed by atoms with Gasteiger partial charge in [-0.15, -0.1) is 0 Å². The van der Waals surface area contributed by atoms with Crippen molar-refractivity contribution in [3.8, 4) is 0 Å². The number of hydrogen-bond donors (Lipinski definition) is 1. The zero-order valence-corrected chi connectivity index (χ0v) is 9.99. The second-order valence-corrected chi connectivity index (χ2v) is 5.12. The summed E-state index contributed by atoms with van der Waals surface area (Å²) in [5.41, 5.74) is 5.61. The fourth-order valence-corrected chi connectivity index (χ4v) is 2.73. The summed E-state index contributed by atoms with van der Waals surface area (Å²) in [4.78, 5) is 5.16. The third-order valence-electron chi connectivity index (χ3n) is 3.90. The van der Waals surface area contributed by atoms with Crippen molar-refractivity contribution in [1.82, 2.24) is 9.80 Å². The van der Waals surface area contributed by atoms with E-state index in [-0.39, 0.29) is 0 Å². The molecule has 2 aliphatic rings. The molecule has 0 aromatic heterocycles. The molecule has 0 amide bonds. The first-order valence-electron chi connectivity index (χ1n) is 6.45. The van der Waals surface area contributed by atoms with E-state index in [1.165, 1.54) is 45.2 Å². The maximum Gasteiger partial charge on any atom is 0.0105 e. The molecule has 88 valence electrons. The Hall–Kier alpha value is -0.120. The van der Waals surface area contributed by atoms with Gasteiger partial charge in [-0.05, 0) is 52.2 Å². The molecule has 1 aliphatic heterocycles. The maximum absolute atomic E-state index is 5.61. The molecule has 0 spiro atoms. The van der Waals surface area contributed by atoms with Gasteiger partial charge in [0.15, 0.2) is 0 Å². The quantitative estimate of drug-likeness (QED) is 0.750. The standard InChI is InChI=1S/C12H25N3/c1-14(10-7-13)11-3-2-8-15(9-6-11)12-4-5-12/h11-12H,2-10,13H2,1H3. The fourth-order valence-electron chi connectivity index (χ4n) is 2.73. The summed E-state index contributed by atoms with van der Waals surface area (Å²) >= 11 is 0. The van der Waals surface area contributed by atoms with Crippen LogP contribution < -0.4 is 5.73 Å². The van der Waals surface area contributed by atoms with E-state index >= 15 is 0 Å². The average Bonchev–Trinajstić information content (AvgIpc) is 3.04. The molecule has 3 nitrogen and oxygen atoms in total. The summed E-state index contributed by atoms with van der Waals surface area (Å²) in [5.74, 6) is 0. The van der Waals surface area contributed by atoms with Gasteiger partial charge in [0.25, 0.3) is 0 Å². The summed E-state index contributed by atoms with van der Waals surface area (Å²) < 4.78 is 0. The highest BCUT2D eigenvalue weighted by atomic mass is 15.2. The number of nitrogens with two attached hydrogens (primary N) is 1. The summed E-state index contributed by atoms with van der Waals surface area (Å²) in [6.07, 6.45) is 6.97. The number of nitrogens with zero attached hydrogens (tertiary/aromatic N) is 2. The molecule has 1 aliphatic carbocycles. The van der Waals surface area contributed by atoms with Crippen LogP contribution in [0.3, 0.4) is 0 Å². The Morgan fingerprint density at radius 2 is 2.00 bits per heavy atom. The monoisotopic (exact) mass is 211 g/mol. The molecule has 0 aromatic carbocycles. The molecule has 1 heterocycles. The van der Waals surface area contributed by atoms with Crippen LogP contribution in [0.2, 0.25) is 0 Å². The largest absolute Gasteiger partial charge is 0.329 e. The SMILES string of the molecule is CN(CCN)C1CCCN(C2CC2)CC1. The molecule has 0 radical (unpaired) electrons. The number of likely N-dealkylation sites (N-methyl/N-ethyl adjacent to an activating group) is 1. The van der Waals surface area contributed by atoms with Gasteiger partial charge in [0.2, 0.25) is 0 Å². The molecule has 2 fully saturated rings. The van der Waals surface area contributed by atoms with Crippen LogP contribution in [0.25, 0.3) is 0 Å². The summed E-state index contributed by atoms with van der Waals surface area (Å²) in [5, 5.41) is 0. The lowest BCUT2D eigenvalue weighted by Crippen LogP contribution is -2.36. The predicted octanol–water partition coefficient (Wildman–Crippen LogP) is 0.894. The Bertz CT molecular complexity index is 191. The van der Waals surface area contributed by atoms with Crippen molar-refractivity contribution in [2.75, 3.05) is 33.2 Å². The van der Waals surface area contributed by atoms with Gasteiger partial charge in [0, 0.05) is 25.2 Å². The summed E-state index contributed by atoms with van der Waals surface area (Å²) in [7, 11) is 2.23. The Morgan fingerprint density at radius 1 is 1.20 bits per heavy atom. The van der Waals surface area contributed by atoms with Crippen molar-refractivity contribution in [3.05, 3.63) is 0 Å². The topological polar surface area (TPSA) is 32.5 Å². The Kier molecular flexibility index (Phi) is 4.00. The van der Waals surface area contributed by atoms with Crippen LogP contribution in [0.5, 0.6) is 0 Å². The highest BCUT2D eigenvalue weighted by molar-refractivity contribution is 4.87. The second kappa shape index (κ2) is 5.28. The average molecular weight is 211 g/mol. The van der Waals surface area contributed by atoms with E-state index in [9.17, 15) is 0 Å². The van der Waals surface area contributed by atoms with E-state index in [1.54, 1.807) is 0 Å². The number of hydrogen-bond acceptors (Lipinski definition) is 3. The van der Waals surface area contributed by atoms with Crippen LogP contribution >= 0.6 is 0 Å². The van der Waals surface area contributed by atoms with Crippen LogP contribution in [0.4, 0.5) is 0 Å². The smallest absolute Gasteiger partial charge is 0.0105 e. The van der Waals surface area contributed by atoms with Gasteiger partial charge >= 0.3 is 0 Å². The van der Waals surface area contributed by atoms with Gasteiger partial charge < -0.3 is 15.5 Å². The molecular weight excluding hydrogens is 186 g/mol. The molecule has 0 bridgehead atoms. The van der Waals surface area contributed by atoms with Crippen LogP contribution in [0, 0.1) is 0 Å². The van der Waals surface area contributed by atoms with E-state index in [1.807, 2.05) is 0 Å². The van der Waals surface area contributed by atoms with E-state index in [0.717, 1.165) is 25.2 Å². The van der Waals surface area contributed by atoms with Gasteiger partial charge in [-0.2, -0.15) is 0 Å². The van der Waals surface area contributed by atoms with Crippen molar-refractivity contribution in [3.63, 3.8) is 0 Å². The van der Waals surface area contributed by atoms with Crippen molar-refractivity contribution in [2.24, 2.45) is 5.73 Å². The van der Waals surface area contributed by atoms with Crippen LogP contribution in [-0.4, -0.2) is 55.1 Å².